The van der Waals surface area contributed by atoms with Crippen molar-refractivity contribution in [3.05, 3.63) is 53.9 Å². The Labute approximate surface area is 208 Å². The quantitative estimate of drug-likeness (QED) is 0.495. The highest BCUT2D eigenvalue weighted by Crippen LogP contribution is 2.41. The molecule has 1 atom stereocenters. The number of nitrogens with one attached hydrogen (secondary N) is 1. The fourth-order valence-electron chi connectivity index (χ4n) is 5.63. The number of carbonyl (C=O) groups excluding carboxylic acids is 2. The summed E-state index contributed by atoms with van der Waals surface area (Å²) in [5.74, 6) is -1.53. The first-order chi connectivity index (χ1) is 17.4. The number of nitrogens with zero attached hydrogens (tertiary/aromatic N) is 3. The van der Waals surface area contributed by atoms with Gasteiger partial charge in [-0.2, -0.15) is 0 Å². The molecule has 7 nitrogen and oxygen atoms in total. The lowest BCUT2D eigenvalue weighted by Gasteiger charge is -2.37. The smallest absolute Gasteiger partial charge is 0.227 e. The van der Waals surface area contributed by atoms with Crippen molar-refractivity contribution in [1.29, 1.82) is 0 Å². The van der Waals surface area contributed by atoms with E-state index in [0.717, 1.165) is 49.2 Å². The number of ether oxygens (including phenoxy) is 1. The Bertz CT molecular complexity index is 1300. The second-order valence-corrected chi connectivity index (χ2v) is 9.66. The van der Waals surface area contributed by atoms with Gasteiger partial charge in [-0.05, 0) is 68.9 Å². The van der Waals surface area contributed by atoms with Gasteiger partial charge in [0.25, 0.3) is 0 Å². The van der Waals surface area contributed by atoms with E-state index in [-0.39, 0.29) is 24.0 Å². The molecule has 5 rings (SSSR count). The molecule has 3 aromatic rings. The van der Waals surface area contributed by atoms with Gasteiger partial charge in [0.2, 0.25) is 11.8 Å². The molecule has 0 radical (unpaired) electrons. The zero-order valence-corrected chi connectivity index (χ0v) is 20.5. The molecule has 1 saturated heterocycles. The van der Waals surface area contributed by atoms with Crippen molar-refractivity contribution in [3.8, 4) is 0 Å². The summed E-state index contributed by atoms with van der Waals surface area (Å²) < 4.78 is 35.6. The van der Waals surface area contributed by atoms with E-state index in [4.69, 9.17) is 9.72 Å². The number of benzene rings is 2. The average Bonchev–Trinajstić information content (AvgIpc) is 3.24. The molecule has 0 bridgehead atoms. The Morgan fingerprint density at radius 2 is 1.83 bits per heavy atom. The molecule has 2 aliphatic rings. The van der Waals surface area contributed by atoms with Gasteiger partial charge in [-0.25, -0.2) is 13.8 Å². The van der Waals surface area contributed by atoms with Crippen LogP contribution in [0.25, 0.3) is 11.0 Å². The number of anilines is 2. The number of imidazole rings is 1. The summed E-state index contributed by atoms with van der Waals surface area (Å²) in [6, 6.07) is 8.96. The van der Waals surface area contributed by atoms with Crippen LogP contribution in [0, 0.1) is 11.6 Å². The number of carbonyl (C=O) groups is 2. The van der Waals surface area contributed by atoms with Crippen LogP contribution < -0.4 is 10.2 Å². The first-order valence-electron chi connectivity index (χ1n) is 12.4. The fourth-order valence-corrected chi connectivity index (χ4v) is 5.63. The molecule has 1 aromatic heterocycles. The largest absolute Gasteiger partial charge is 0.381 e. The van der Waals surface area contributed by atoms with Gasteiger partial charge >= 0.3 is 0 Å². The van der Waals surface area contributed by atoms with Crippen LogP contribution >= 0.6 is 0 Å². The summed E-state index contributed by atoms with van der Waals surface area (Å²) in [5, 5.41) is 2.80. The molecule has 0 unspecified atom stereocenters. The van der Waals surface area contributed by atoms with Crippen LogP contribution in [-0.4, -0.2) is 34.6 Å². The Balaban J connectivity index is 1.63. The van der Waals surface area contributed by atoms with Gasteiger partial charge in [0.15, 0.2) is 11.6 Å². The lowest BCUT2D eigenvalue weighted by Crippen LogP contribution is -2.40. The van der Waals surface area contributed by atoms with E-state index >= 15 is 0 Å². The highest BCUT2D eigenvalue weighted by molar-refractivity contribution is 5.95. The maximum atomic E-state index is 14.2. The van der Waals surface area contributed by atoms with Crippen LogP contribution in [0.15, 0.2) is 36.4 Å². The number of halogens is 2. The monoisotopic (exact) mass is 496 g/mol. The van der Waals surface area contributed by atoms with Crippen molar-refractivity contribution < 1.29 is 23.1 Å². The predicted molar refractivity (Wildman–Crippen MR) is 133 cm³/mol. The van der Waals surface area contributed by atoms with Gasteiger partial charge in [0.1, 0.15) is 5.82 Å². The molecule has 2 fully saturated rings. The minimum atomic E-state index is -0.990. The van der Waals surface area contributed by atoms with E-state index in [1.165, 1.54) is 13.0 Å². The molecule has 2 amide bonds. The molecule has 1 saturated carbocycles. The number of fused-ring (bicyclic) bond motifs is 1. The SMILES string of the molecule is CO[C@H]1CC[C@H](n2c([C@@H]3CCCC(=O)N3c3ccc(F)c(F)c3)nc3cc(NC(C)=O)ccc32)CC1. The number of hydrogen-bond donors (Lipinski definition) is 1. The van der Waals surface area contributed by atoms with Crippen molar-refractivity contribution in [3.63, 3.8) is 0 Å². The van der Waals surface area contributed by atoms with Crippen LogP contribution in [-0.2, 0) is 14.3 Å². The normalized spacial score (nSPS) is 22.7. The van der Waals surface area contributed by atoms with Crippen LogP contribution in [0.5, 0.6) is 0 Å². The first kappa shape index (κ1) is 24.4. The molecule has 9 heteroatoms. The topological polar surface area (TPSA) is 76.5 Å². The highest BCUT2D eigenvalue weighted by atomic mass is 19.2. The first-order valence-corrected chi connectivity index (χ1v) is 12.4. The minimum Gasteiger partial charge on any atom is -0.381 e. The van der Waals surface area contributed by atoms with E-state index in [2.05, 4.69) is 9.88 Å². The van der Waals surface area contributed by atoms with Gasteiger partial charge in [-0.1, -0.05) is 0 Å². The molecule has 1 N–H and O–H groups in total. The van der Waals surface area contributed by atoms with E-state index < -0.39 is 17.7 Å². The molecule has 36 heavy (non-hydrogen) atoms. The van der Waals surface area contributed by atoms with Gasteiger partial charge < -0.3 is 19.5 Å². The molecule has 2 aromatic carbocycles. The van der Waals surface area contributed by atoms with Crippen molar-refractivity contribution in [2.75, 3.05) is 17.3 Å². The molecule has 1 aliphatic heterocycles. The van der Waals surface area contributed by atoms with E-state index in [1.54, 1.807) is 12.0 Å². The fraction of sp³-hybridized carbons (Fsp3) is 0.444. The summed E-state index contributed by atoms with van der Waals surface area (Å²) >= 11 is 0. The van der Waals surface area contributed by atoms with Crippen LogP contribution in [0.1, 0.15) is 69.8 Å². The predicted octanol–water partition coefficient (Wildman–Crippen LogP) is 5.66. The van der Waals surface area contributed by atoms with Gasteiger partial charge in [0.05, 0.1) is 23.2 Å². The van der Waals surface area contributed by atoms with Crippen LogP contribution in [0.4, 0.5) is 20.2 Å². The van der Waals surface area contributed by atoms with Crippen molar-refractivity contribution in [2.45, 2.75) is 70.1 Å². The second kappa shape index (κ2) is 9.97. The van der Waals surface area contributed by atoms with Crippen molar-refractivity contribution >= 4 is 34.2 Å². The van der Waals surface area contributed by atoms with Gasteiger partial charge in [-0.3, -0.25) is 9.59 Å². The number of rotatable bonds is 5. The zero-order valence-electron chi connectivity index (χ0n) is 20.5. The third kappa shape index (κ3) is 4.59. The summed E-state index contributed by atoms with van der Waals surface area (Å²) in [6.45, 7) is 1.45. The third-order valence-electron chi connectivity index (χ3n) is 7.31. The number of amides is 2. The summed E-state index contributed by atoms with van der Waals surface area (Å²) in [5.41, 5.74) is 2.60. The number of methoxy groups -OCH3 is 1. The molecule has 0 spiro atoms. The Kier molecular flexibility index (Phi) is 6.75. The standard InChI is InChI=1S/C27H30F2N4O3/c1-16(34)30-17-6-13-24-23(14-17)31-27(33(24)18-7-10-20(36-2)11-8-18)25-4-3-5-26(35)32(25)19-9-12-21(28)22(29)15-19/h6,9,12-15,18,20,25H,3-5,7-8,10-11H2,1-2H3,(H,30,34)/t18-,20-,25-/m0/s1. The minimum absolute atomic E-state index is 0.141. The van der Waals surface area contributed by atoms with Crippen LogP contribution in [0.2, 0.25) is 0 Å². The summed E-state index contributed by atoms with van der Waals surface area (Å²) in [6.07, 6.45) is 5.52. The molecular weight excluding hydrogens is 466 g/mol. The van der Waals surface area contributed by atoms with Crippen molar-refractivity contribution in [1.82, 2.24) is 9.55 Å². The lowest BCUT2D eigenvalue weighted by molar-refractivity contribution is -0.120. The maximum Gasteiger partial charge on any atom is 0.227 e. The number of aromatic nitrogens is 2. The van der Waals surface area contributed by atoms with Crippen molar-refractivity contribution in [2.24, 2.45) is 0 Å². The van der Waals surface area contributed by atoms with E-state index in [0.29, 0.717) is 36.2 Å². The third-order valence-corrected chi connectivity index (χ3v) is 7.31. The molecular formula is C27H30F2N4O3. The molecule has 190 valence electrons. The van der Waals surface area contributed by atoms with Gasteiger partial charge in [-0.15, -0.1) is 0 Å². The highest BCUT2D eigenvalue weighted by Gasteiger charge is 2.36. The Morgan fingerprint density at radius 1 is 1.06 bits per heavy atom. The van der Waals surface area contributed by atoms with Gasteiger partial charge in [0, 0.05) is 43.9 Å². The number of hydrogen-bond acceptors (Lipinski definition) is 4. The Hall–Kier alpha value is -3.33. The van der Waals surface area contributed by atoms with Crippen LogP contribution in [0.3, 0.4) is 0 Å². The second-order valence-electron chi connectivity index (χ2n) is 9.66. The number of piperidine rings is 1. The Morgan fingerprint density at radius 3 is 2.53 bits per heavy atom. The molecule has 2 heterocycles. The summed E-state index contributed by atoms with van der Waals surface area (Å²) in [4.78, 5) is 31.3. The van der Waals surface area contributed by atoms with E-state index in [1.807, 2.05) is 18.2 Å². The average molecular weight is 497 g/mol. The maximum absolute atomic E-state index is 14.2. The van der Waals surface area contributed by atoms with E-state index in [9.17, 15) is 18.4 Å². The molecule has 1 aliphatic carbocycles. The lowest BCUT2D eigenvalue weighted by atomic mass is 9.92. The summed E-state index contributed by atoms with van der Waals surface area (Å²) in [7, 11) is 1.74. The zero-order chi connectivity index (χ0) is 25.4.